The lowest BCUT2D eigenvalue weighted by Gasteiger charge is -2.33. The molecule has 1 N–H and O–H groups in total. The lowest BCUT2D eigenvalue weighted by molar-refractivity contribution is -0.151. The lowest BCUT2D eigenvalue weighted by atomic mass is 9.94. The number of carbonyl (C=O) groups is 3. The number of hydrogen-bond donors (Lipinski definition) is 1. The largest absolute Gasteiger partial charge is 0.492 e. The molecule has 0 radical (unpaired) electrons. The molecule has 2 aliphatic rings. The van der Waals surface area contributed by atoms with Crippen LogP contribution in [-0.4, -0.2) is 81.3 Å². The van der Waals surface area contributed by atoms with E-state index in [9.17, 15) is 14.4 Å². The normalized spacial score (nSPS) is 18.0. The smallest absolute Gasteiger partial charge is 0.302 e. The fourth-order valence-electron chi connectivity index (χ4n) is 6.97. The molecule has 1 fully saturated rings. The molecule has 0 aliphatic carbocycles. The highest BCUT2D eigenvalue weighted by molar-refractivity contribution is 6.30. The number of rotatable bonds is 15. The van der Waals surface area contributed by atoms with Gasteiger partial charge in [-0.05, 0) is 67.6 Å². The first kappa shape index (κ1) is 40.1. The van der Waals surface area contributed by atoms with Gasteiger partial charge in [0.1, 0.15) is 18.3 Å². The molecule has 1 saturated heterocycles. The minimum absolute atomic E-state index is 0.146. The second-order valence-corrected chi connectivity index (χ2v) is 15.4. The number of benzene rings is 3. The number of piperidine rings is 1. The minimum Gasteiger partial charge on any atom is -0.492 e. The molecule has 5 rings (SSSR count). The molecule has 0 spiro atoms. The number of aryl methyl sites for hydroxylation is 1. The Morgan fingerprint density at radius 1 is 0.962 bits per heavy atom. The van der Waals surface area contributed by atoms with Crippen molar-refractivity contribution < 1.29 is 33.3 Å². The van der Waals surface area contributed by atoms with Gasteiger partial charge in [0.2, 0.25) is 5.91 Å². The summed E-state index contributed by atoms with van der Waals surface area (Å²) >= 11 is 6.62. The van der Waals surface area contributed by atoms with Crippen LogP contribution in [0.25, 0.3) is 0 Å². The monoisotopic (exact) mass is 747 g/mol. The van der Waals surface area contributed by atoms with Crippen LogP contribution in [0, 0.1) is 5.41 Å². The van der Waals surface area contributed by atoms with Gasteiger partial charge in [0.15, 0.2) is 11.5 Å². The van der Waals surface area contributed by atoms with E-state index in [1.807, 2.05) is 36.4 Å². The molecule has 2 atom stereocenters. The van der Waals surface area contributed by atoms with Crippen molar-refractivity contribution in [2.24, 2.45) is 5.41 Å². The van der Waals surface area contributed by atoms with Gasteiger partial charge in [-0.2, -0.15) is 0 Å². The molecule has 2 aliphatic heterocycles. The van der Waals surface area contributed by atoms with Crippen LogP contribution in [0.2, 0.25) is 5.02 Å². The molecule has 0 saturated carbocycles. The number of halogens is 1. The van der Waals surface area contributed by atoms with Crippen molar-refractivity contribution in [3.8, 4) is 11.5 Å². The van der Waals surface area contributed by atoms with E-state index in [-0.39, 0.29) is 35.7 Å². The third kappa shape index (κ3) is 11.2. The number of amides is 2. The topological polar surface area (TPSA) is 107 Å². The molecule has 3 aromatic carbocycles. The predicted octanol–water partition coefficient (Wildman–Crippen LogP) is 7.15. The number of methoxy groups -OCH3 is 1. The van der Waals surface area contributed by atoms with Crippen LogP contribution in [0.4, 0.5) is 5.69 Å². The molecular weight excluding hydrogens is 694 g/mol. The first-order valence-corrected chi connectivity index (χ1v) is 19.1. The Morgan fingerprint density at radius 3 is 2.40 bits per heavy atom. The van der Waals surface area contributed by atoms with E-state index >= 15 is 0 Å². The fourth-order valence-corrected chi connectivity index (χ4v) is 7.15. The predicted molar refractivity (Wildman–Crippen MR) is 207 cm³/mol. The maximum Gasteiger partial charge on any atom is 0.302 e. The highest BCUT2D eigenvalue weighted by Crippen LogP contribution is 2.46. The average molecular weight is 748 g/mol. The van der Waals surface area contributed by atoms with Crippen molar-refractivity contribution in [2.75, 3.05) is 51.3 Å². The van der Waals surface area contributed by atoms with Gasteiger partial charge < -0.3 is 34.1 Å². The van der Waals surface area contributed by atoms with Crippen LogP contribution in [0.15, 0.2) is 66.7 Å². The molecule has 3 aromatic rings. The zero-order chi connectivity index (χ0) is 38.0. The number of para-hydroxylation sites is 1. The van der Waals surface area contributed by atoms with E-state index in [0.717, 1.165) is 32.4 Å². The first-order valence-electron chi connectivity index (χ1n) is 18.7. The summed E-state index contributed by atoms with van der Waals surface area (Å²) in [6.45, 7) is 11.1. The number of likely N-dealkylation sites (tertiary alicyclic amines) is 1. The van der Waals surface area contributed by atoms with Crippen molar-refractivity contribution in [3.63, 3.8) is 0 Å². The average Bonchev–Trinajstić information content (AvgIpc) is 3.22. The second-order valence-electron chi connectivity index (χ2n) is 15.0. The summed E-state index contributed by atoms with van der Waals surface area (Å²) in [5, 5.41) is 4.00. The quantitative estimate of drug-likeness (QED) is 0.129. The number of ether oxygens (including phenoxy) is 4. The second kappa shape index (κ2) is 18.8. The van der Waals surface area contributed by atoms with Crippen LogP contribution in [0.5, 0.6) is 11.5 Å². The standard InChI is InChI=1S/C42H54ClN3O7/c1-29(47)52-32-19-23-45(24-20-32)38(48)27-37-41(49)46(28-42(2,3)4)35-18-17-31(43)26-34(35)39(53-37)33-15-9-16-36(40(33)50-5)51-25-11-22-44-21-10-14-30-12-7-6-8-13-30/h6-9,12-13,15-18,26,32,37,39,44H,10-11,14,19-25,27-28H2,1-5H3. The summed E-state index contributed by atoms with van der Waals surface area (Å²) in [5.74, 6) is 0.238. The Hall–Kier alpha value is -4.12. The SMILES string of the molecule is COc1c(OCCCNCCCc2ccccc2)cccc1C1OC(CC(=O)N2CCC(OC(C)=O)CC2)C(=O)N(CC(C)(C)C)c2ccc(Cl)cc21. The Bertz CT molecular complexity index is 1690. The molecule has 0 aromatic heterocycles. The van der Waals surface area contributed by atoms with E-state index in [2.05, 4.69) is 50.4 Å². The lowest BCUT2D eigenvalue weighted by Crippen LogP contribution is -2.47. The number of esters is 1. The molecular formula is C42H54ClN3O7. The highest BCUT2D eigenvalue weighted by atomic mass is 35.5. The highest BCUT2D eigenvalue weighted by Gasteiger charge is 2.41. The van der Waals surface area contributed by atoms with Gasteiger partial charge >= 0.3 is 5.97 Å². The van der Waals surface area contributed by atoms with E-state index in [4.69, 9.17) is 30.5 Å². The number of hydrogen-bond acceptors (Lipinski definition) is 8. The Morgan fingerprint density at radius 2 is 1.70 bits per heavy atom. The molecule has 10 nitrogen and oxygen atoms in total. The molecule has 2 amide bonds. The van der Waals surface area contributed by atoms with E-state index < -0.39 is 12.2 Å². The molecule has 2 heterocycles. The molecule has 53 heavy (non-hydrogen) atoms. The number of fused-ring (bicyclic) bond motifs is 1. The van der Waals surface area contributed by atoms with Crippen molar-refractivity contribution in [1.29, 1.82) is 0 Å². The molecule has 2 unspecified atom stereocenters. The van der Waals surface area contributed by atoms with Crippen LogP contribution in [0.3, 0.4) is 0 Å². The number of nitrogens with zero attached hydrogens (tertiary/aromatic N) is 2. The van der Waals surface area contributed by atoms with Crippen LogP contribution in [0.1, 0.15) is 82.6 Å². The Labute approximate surface area is 319 Å². The van der Waals surface area contributed by atoms with Crippen LogP contribution < -0.4 is 19.7 Å². The first-order chi connectivity index (χ1) is 25.4. The summed E-state index contributed by atoms with van der Waals surface area (Å²) in [4.78, 5) is 43.2. The van der Waals surface area contributed by atoms with Gasteiger partial charge in [0.05, 0.1) is 20.1 Å². The van der Waals surface area contributed by atoms with Crippen molar-refractivity contribution in [1.82, 2.24) is 10.2 Å². The van der Waals surface area contributed by atoms with Gasteiger partial charge in [0, 0.05) is 61.2 Å². The summed E-state index contributed by atoms with van der Waals surface area (Å²) in [6, 6.07) is 21.6. The maximum atomic E-state index is 14.5. The van der Waals surface area contributed by atoms with Gasteiger partial charge in [0.25, 0.3) is 5.91 Å². The molecule has 0 bridgehead atoms. The third-order valence-corrected chi connectivity index (χ3v) is 9.67. The van der Waals surface area contributed by atoms with Crippen LogP contribution >= 0.6 is 11.6 Å². The van der Waals surface area contributed by atoms with Gasteiger partial charge in [-0.1, -0.05) is 74.8 Å². The van der Waals surface area contributed by atoms with Crippen molar-refractivity contribution in [2.45, 2.75) is 84.5 Å². The van der Waals surface area contributed by atoms with E-state index in [0.29, 0.717) is 72.4 Å². The zero-order valence-corrected chi connectivity index (χ0v) is 32.5. The molecule has 11 heteroatoms. The van der Waals surface area contributed by atoms with E-state index in [1.54, 1.807) is 23.0 Å². The van der Waals surface area contributed by atoms with Gasteiger partial charge in [-0.3, -0.25) is 14.4 Å². The Kier molecular flexibility index (Phi) is 14.2. The fraction of sp³-hybridized carbons (Fsp3) is 0.500. The Balaban J connectivity index is 1.34. The van der Waals surface area contributed by atoms with Crippen molar-refractivity contribution in [3.05, 3.63) is 88.4 Å². The summed E-state index contributed by atoms with van der Waals surface area (Å²) in [7, 11) is 1.59. The van der Waals surface area contributed by atoms with E-state index in [1.165, 1.54) is 12.5 Å². The zero-order valence-electron chi connectivity index (χ0n) is 31.7. The summed E-state index contributed by atoms with van der Waals surface area (Å²) in [5.41, 5.74) is 3.11. The summed E-state index contributed by atoms with van der Waals surface area (Å²) < 4.78 is 24.4. The van der Waals surface area contributed by atoms with Crippen molar-refractivity contribution >= 4 is 35.1 Å². The number of anilines is 1. The van der Waals surface area contributed by atoms with Crippen LogP contribution in [-0.2, 0) is 30.3 Å². The number of carbonyl (C=O) groups excluding carboxylic acids is 3. The maximum absolute atomic E-state index is 14.5. The summed E-state index contributed by atoms with van der Waals surface area (Å²) in [6.07, 6.45) is 1.73. The van der Waals surface area contributed by atoms with Gasteiger partial charge in [-0.25, -0.2) is 0 Å². The minimum atomic E-state index is -1.09. The number of nitrogens with one attached hydrogen (secondary N) is 1. The third-order valence-electron chi connectivity index (χ3n) is 9.44. The molecule has 286 valence electrons. The van der Waals surface area contributed by atoms with Gasteiger partial charge in [-0.15, -0.1) is 0 Å².